The second-order valence-electron chi connectivity index (χ2n) is 4.50. The third kappa shape index (κ3) is 4.09. The molecule has 0 saturated heterocycles. The first-order valence-corrected chi connectivity index (χ1v) is 5.65. The summed E-state index contributed by atoms with van der Waals surface area (Å²) in [4.78, 5) is 36.3. The van der Waals surface area contributed by atoms with E-state index in [1.54, 1.807) is 0 Å². The number of H-pyrrole nitrogens is 1. The van der Waals surface area contributed by atoms with Crippen molar-refractivity contribution in [3.8, 4) is 0 Å². The molecule has 0 aliphatic carbocycles. The average Bonchev–Trinajstić information content (AvgIpc) is 2.75. The Balaban J connectivity index is 2.90. The summed E-state index contributed by atoms with van der Waals surface area (Å²) in [5, 5.41) is 19.3. The number of carbonyl (C=O) groups is 2. The smallest absolute Gasteiger partial charge is 0.323 e. The lowest BCUT2D eigenvalue weighted by Gasteiger charge is -2.21. The molecule has 0 saturated carbocycles. The summed E-state index contributed by atoms with van der Waals surface area (Å²) in [7, 11) is 0. The van der Waals surface area contributed by atoms with Gasteiger partial charge in [0.1, 0.15) is 12.2 Å². The van der Waals surface area contributed by atoms with Crippen LogP contribution in [-0.4, -0.2) is 44.9 Å². The molecule has 0 atom stereocenters. The van der Waals surface area contributed by atoms with Crippen molar-refractivity contribution in [1.29, 1.82) is 0 Å². The van der Waals surface area contributed by atoms with E-state index in [0.29, 0.717) is 0 Å². The molecule has 0 spiro atoms. The van der Waals surface area contributed by atoms with Crippen LogP contribution < -0.4 is 0 Å². The second kappa shape index (κ2) is 5.98. The van der Waals surface area contributed by atoms with Crippen LogP contribution in [-0.2, 0) is 4.79 Å². The maximum Gasteiger partial charge on any atom is 0.323 e. The van der Waals surface area contributed by atoms with Gasteiger partial charge < -0.3 is 15.0 Å². The molecule has 1 amide bonds. The highest BCUT2D eigenvalue weighted by atomic mass is 16.6. The zero-order valence-corrected chi connectivity index (χ0v) is 10.6. The van der Waals surface area contributed by atoms with Gasteiger partial charge in [-0.3, -0.25) is 19.7 Å². The van der Waals surface area contributed by atoms with Crippen LogP contribution in [0.3, 0.4) is 0 Å². The molecule has 1 aromatic rings. The maximum absolute atomic E-state index is 12.1. The lowest BCUT2D eigenvalue weighted by Crippen LogP contribution is -2.38. The summed E-state index contributed by atoms with van der Waals surface area (Å²) in [5.74, 6) is -1.60. The van der Waals surface area contributed by atoms with Gasteiger partial charge in [-0.2, -0.15) is 0 Å². The first kappa shape index (κ1) is 14.7. The van der Waals surface area contributed by atoms with Gasteiger partial charge in [-0.05, 0) is 5.92 Å². The van der Waals surface area contributed by atoms with Crippen molar-refractivity contribution in [2.45, 2.75) is 13.8 Å². The Morgan fingerprint density at radius 2 is 2.16 bits per heavy atom. The molecule has 0 aromatic carbocycles. The number of amides is 1. The van der Waals surface area contributed by atoms with Crippen LogP contribution in [0.5, 0.6) is 0 Å². The standard InChI is InChI=1S/C11H15N3O5/c1-7(2)5-13(6-10(15)16)11(17)9-3-8(4-12-9)14(18)19/h3-4,7,12H,5-6H2,1-2H3,(H,15,16). The minimum absolute atomic E-state index is 0.00796. The van der Waals surface area contributed by atoms with Crippen molar-refractivity contribution in [1.82, 2.24) is 9.88 Å². The fourth-order valence-electron chi connectivity index (χ4n) is 1.61. The van der Waals surface area contributed by atoms with E-state index >= 15 is 0 Å². The van der Waals surface area contributed by atoms with Gasteiger partial charge in [0.15, 0.2) is 0 Å². The highest BCUT2D eigenvalue weighted by molar-refractivity contribution is 5.94. The number of nitrogens with one attached hydrogen (secondary N) is 1. The molecule has 1 heterocycles. The summed E-state index contributed by atoms with van der Waals surface area (Å²) in [6, 6.07) is 1.09. The molecular formula is C11H15N3O5. The molecule has 104 valence electrons. The lowest BCUT2D eigenvalue weighted by atomic mass is 10.2. The van der Waals surface area contributed by atoms with Crippen LogP contribution in [0.1, 0.15) is 24.3 Å². The number of aromatic nitrogens is 1. The molecule has 0 bridgehead atoms. The summed E-state index contributed by atoms with van der Waals surface area (Å²) in [5.41, 5.74) is -0.225. The van der Waals surface area contributed by atoms with Crippen LogP contribution in [0.2, 0.25) is 0 Å². The number of carboxylic acid groups (broad SMARTS) is 1. The van der Waals surface area contributed by atoms with Gasteiger partial charge in [-0.1, -0.05) is 13.8 Å². The second-order valence-corrected chi connectivity index (χ2v) is 4.50. The van der Waals surface area contributed by atoms with E-state index in [0.717, 1.165) is 17.2 Å². The van der Waals surface area contributed by atoms with E-state index < -0.39 is 23.3 Å². The van der Waals surface area contributed by atoms with E-state index in [1.165, 1.54) is 0 Å². The number of aliphatic carboxylic acids is 1. The van der Waals surface area contributed by atoms with Crippen molar-refractivity contribution in [3.05, 3.63) is 28.1 Å². The molecule has 0 fully saturated rings. The van der Waals surface area contributed by atoms with Crippen molar-refractivity contribution >= 4 is 17.6 Å². The fourth-order valence-corrected chi connectivity index (χ4v) is 1.61. The molecule has 8 heteroatoms. The zero-order valence-electron chi connectivity index (χ0n) is 10.6. The largest absolute Gasteiger partial charge is 0.480 e. The minimum atomic E-state index is -1.13. The summed E-state index contributed by atoms with van der Waals surface area (Å²) in [6.07, 6.45) is 1.10. The van der Waals surface area contributed by atoms with Crippen molar-refractivity contribution in [2.75, 3.05) is 13.1 Å². The molecule has 19 heavy (non-hydrogen) atoms. The number of hydrogen-bond acceptors (Lipinski definition) is 4. The summed E-state index contributed by atoms with van der Waals surface area (Å²) >= 11 is 0. The molecule has 1 aromatic heterocycles. The number of nitrogens with zero attached hydrogens (tertiary/aromatic N) is 2. The first-order chi connectivity index (χ1) is 8.81. The van der Waals surface area contributed by atoms with Crippen molar-refractivity contribution < 1.29 is 19.6 Å². The molecule has 1 rings (SSSR count). The van der Waals surface area contributed by atoms with Gasteiger partial charge in [0.25, 0.3) is 11.6 Å². The number of hydrogen-bond donors (Lipinski definition) is 2. The number of rotatable bonds is 6. The first-order valence-electron chi connectivity index (χ1n) is 5.65. The number of carboxylic acids is 1. The highest BCUT2D eigenvalue weighted by Gasteiger charge is 2.22. The van der Waals surface area contributed by atoms with Crippen LogP contribution in [0.25, 0.3) is 0 Å². The van der Waals surface area contributed by atoms with Crippen LogP contribution in [0.4, 0.5) is 5.69 Å². The molecule has 0 radical (unpaired) electrons. The van der Waals surface area contributed by atoms with Crippen LogP contribution >= 0.6 is 0 Å². The maximum atomic E-state index is 12.1. The Morgan fingerprint density at radius 1 is 1.53 bits per heavy atom. The molecular weight excluding hydrogens is 254 g/mol. The van der Waals surface area contributed by atoms with Gasteiger partial charge in [0.2, 0.25) is 0 Å². The predicted molar refractivity (Wildman–Crippen MR) is 65.8 cm³/mol. The van der Waals surface area contributed by atoms with Crippen molar-refractivity contribution in [3.63, 3.8) is 0 Å². The fraction of sp³-hybridized carbons (Fsp3) is 0.455. The average molecular weight is 269 g/mol. The minimum Gasteiger partial charge on any atom is -0.480 e. The third-order valence-electron chi connectivity index (χ3n) is 2.31. The monoisotopic (exact) mass is 269 g/mol. The van der Waals surface area contributed by atoms with E-state index in [4.69, 9.17) is 5.11 Å². The highest BCUT2D eigenvalue weighted by Crippen LogP contribution is 2.14. The SMILES string of the molecule is CC(C)CN(CC(=O)O)C(=O)c1cc([N+](=O)[O-])c[nH]1. The number of aromatic amines is 1. The quantitative estimate of drug-likeness (QED) is 0.592. The Kier molecular flexibility index (Phi) is 4.62. The zero-order chi connectivity index (χ0) is 14.6. The van der Waals surface area contributed by atoms with Gasteiger partial charge >= 0.3 is 5.97 Å². The Bertz CT molecular complexity index is 494. The Morgan fingerprint density at radius 3 is 2.58 bits per heavy atom. The van der Waals surface area contributed by atoms with Gasteiger partial charge in [0, 0.05) is 12.6 Å². The summed E-state index contributed by atoms with van der Waals surface area (Å²) < 4.78 is 0. The molecule has 2 N–H and O–H groups in total. The lowest BCUT2D eigenvalue weighted by molar-refractivity contribution is -0.384. The summed E-state index contributed by atoms with van der Waals surface area (Å²) in [6.45, 7) is 3.51. The van der Waals surface area contributed by atoms with E-state index in [-0.39, 0.29) is 23.8 Å². The number of nitro groups is 1. The van der Waals surface area contributed by atoms with E-state index in [9.17, 15) is 19.7 Å². The van der Waals surface area contributed by atoms with E-state index in [2.05, 4.69) is 4.98 Å². The molecule has 8 nitrogen and oxygen atoms in total. The molecule has 0 aliphatic rings. The Hall–Kier alpha value is -2.38. The Labute approximate surface area is 109 Å². The van der Waals surface area contributed by atoms with E-state index in [1.807, 2.05) is 13.8 Å². The molecule has 0 aliphatic heterocycles. The predicted octanol–water partition coefficient (Wildman–Crippen LogP) is 1.11. The van der Waals surface area contributed by atoms with Gasteiger partial charge in [0.05, 0.1) is 11.1 Å². The van der Waals surface area contributed by atoms with Gasteiger partial charge in [-0.15, -0.1) is 0 Å². The normalized spacial score (nSPS) is 10.5. The van der Waals surface area contributed by atoms with Crippen LogP contribution in [0.15, 0.2) is 12.3 Å². The van der Waals surface area contributed by atoms with Crippen molar-refractivity contribution in [2.24, 2.45) is 5.92 Å². The molecule has 0 unspecified atom stereocenters. The third-order valence-corrected chi connectivity index (χ3v) is 2.31. The number of carbonyl (C=O) groups excluding carboxylic acids is 1. The van der Waals surface area contributed by atoms with Crippen LogP contribution in [0, 0.1) is 16.0 Å². The van der Waals surface area contributed by atoms with Gasteiger partial charge in [-0.25, -0.2) is 0 Å². The topological polar surface area (TPSA) is 117 Å².